The fraction of sp³-hybridized carbons (Fsp3) is 0.0667. The second-order valence-corrected chi connectivity index (χ2v) is 5.55. The van der Waals surface area contributed by atoms with Crippen molar-refractivity contribution in [1.29, 1.82) is 0 Å². The van der Waals surface area contributed by atoms with Gasteiger partial charge in [0.05, 0.1) is 0 Å². The lowest BCUT2D eigenvalue weighted by Gasteiger charge is -2.08. The van der Waals surface area contributed by atoms with Gasteiger partial charge in [-0.15, -0.1) is 0 Å². The van der Waals surface area contributed by atoms with Crippen molar-refractivity contribution in [3.63, 3.8) is 0 Å². The Labute approximate surface area is 119 Å². The van der Waals surface area contributed by atoms with Crippen molar-refractivity contribution in [2.24, 2.45) is 0 Å². The van der Waals surface area contributed by atoms with Crippen LogP contribution in [0, 0.1) is 0 Å². The van der Waals surface area contributed by atoms with Crippen LogP contribution in [0.4, 0.5) is 0 Å². The van der Waals surface area contributed by atoms with Gasteiger partial charge >= 0.3 is 0 Å². The molecule has 0 fully saturated rings. The van der Waals surface area contributed by atoms with Crippen molar-refractivity contribution in [1.82, 2.24) is 0 Å². The molecule has 0 aromatic heterocycles. The average Bonchev–Trinajstić information content (AvgIpc) is 2.35. The van der Waals surface area contributed by atoms with E-state index in [1.54, 1.807) is 0 Å². The lowest BCUT2D eigenvalue weighted by molar-refractivity contribution is 1.50. The first-order valence-corrected chi connectivity index (χ1v) is 6.97. The minimum absolute atomic E-state index is 1.10. The summed E-state index contributed by atoms with van der Waals surface area (Å²) in [6.07, 6.45) is 2.15. The summed E-state index contributed by atoms with van der Waals surface area (Å²) in [5.41, 5.74) is 3.72. The Morgan fingerprint density at radius 2 is 1.12 bits per heavy atom. The van der Waals surface area contributed by atoms with Crippen molar-refractivity contribution in [2.45, 2.75) is 6.92 Å². The number of halogens is 2. The second-order valence-electron chi connectivity index (χ2n) is 3.72. The zero-order valence-electron chi connectivity index (χ0n) is 9.45. The summed E-state index contributed by atoms with van der Waals surface area (Å²) in [6.45, 7) is 2.07. The Balaban J connectivity index is 2.41. The molecule has 2 rings (SSSR count). The lowest BCUT2D eigenvalue weighted by Crippen LogP contribution is -1.87. The highest BCUT2D eigenvalue weighted by Gasteiger charge is 2.03. The molecule has 2 aromatic rings. The van der Waals surface area contributed by atoms with Gasteiger partial charge in [0.2, 0.25) is 0 Å². The SMILES string of the molecule is CC=C(c1ccc(Br)cc1)c1ccc(Br)cc1. The molecule has 0 amide bonds. The standard InChI is InChI=1S/C15H12Br2/c1-2-15(11-3-7-13(16)8-4-11)12-5-9-14(17)10-6-12/h2-10H,1H3. The van der Waals surface area contributed by atoms with E-state index in [1.165, 1.54) is 16.7 Å². The van der Waals surface area contributed by atoms with Gasteiger partial charge in [0.1, 0.15) is 0 Å². The molecular formula is C15H12Br2. The minimum atomic E-state index is 1.10. The molecule has 0 N–H and O–H groups in total. The molecule has 0 radical (unpaired) electrons. The summed E-state index contributed by atoms with van der Waals surface area (Å²) in [4.78, 5) is 0. The average molecular weight is 352 g/mol. The first kappa shape index (κ1) is 12.6. The molecule has 2 aromatic carbocycles. The first-order chi connectivity index (χ1) is 8.20. The quantitative estimate of drug-likeness (QED) is 0.654. The van der Waals surface area contributed by atoms with Crippen molar-refractivity contribution in [2.75, 3.05) is 0 Å². The van der Waals surface area contributed by atoms with Crippen LogP contribution in [0.1, 0.15) is 18.1 Å². The summed E-state index contributed by atoms with van der Waals surface area (Å²) in [7, 11) is 0. The molecule has 0 unspecified atom stereocenters. The van der Waals surface area contributed by atoms with Gasteiger partial charge in [0.15, 0.2) is 0 Å². The first-order valence-electron chi connectivity index (χ1n) is 5.39. The molecule has 0 aliphatic carbocycles. The summed E-state index contributed by atoms with van der Waals surface area (Å²) < 4.78 is 2.21. The fourth-order valence-electron chi connectivity index (χ4n) is 1.76. The summed E-state index contributed by atoms with van der Waals surface area (Å²) in [5.74, 6) is 0. The van der Waals surface area contributed by atoms with Crippen LogP contribution in [0.3, 0.4) is 0 Å². The van der Waals surface area contributed by atoms with Crippen molar-refractivity contribution in [3.8, 4) is 0 Å². The topological polar surface area (TPSA) is 0 Å². The monoisotopic (exact) mass is 350 g/mol. The van der Waals surface area contributed by atoms with E-state index >= 15 is 0 Å². The molecule has 0 nitrogen and oxygen atoms in total. The molecule has 17 heavy (non-hydrogen) atoms. The highest BCUT2D eigenvalue weighted by atomic mass is 79.9. The fourth-order valence-corrected chi connectivity index (χ4v) is 2.29. The van der Waals surface area contributed by atoms with Crippen LogP contribution in [0.15, 0.2) is 63.6 Å². The van der Waals surface area contributed by atoms with Crippen LogP contribution in [0.25, 0.3) is 5.57 Å². The van der Waals surface area contributed by atoms with Crippen LogP contribution in [-0.2, 0) is 0 Å². The van der Waals surface area contributed by atoms with Crippen LogP contribution in [0.5, 0.6) is 0 Å². The zero-order valence-corrected chi connectivity index (χ0v) is 12.6. The van der Waals surface area contributed by atoms with Gasteiger partial charge < -0.3 is 0 Å². The Kier molecular flexibility index (Phi) is 4.19. The summed E-state index contributed by atoms with van der Waals surface area (Å²) >= 11 is 6.91. The lowest BCUT2D eigenvalue weighted by atomic mass is 9.98. The Bertz CT molecular complexity index is 474. The maximum Gasteiger partial charge on any atom is 0.0175 e. The molecule has 0 bridgehead atoms. The van der Waals surface area contributed by atoms with Gasteiger partial charge in [-0.1, -0.05) is 62.2 Å². The summed E-state index contributed by atoms with van der Waals surface area (Å²) in [5, 5.41) is 0. The number of allylic oxidation sites excluding steroid dienone is 1. The van der Waals surface area contributed by atoms with E-state index in [0.717, 1.165) is 8.95 Å². The van der Waals surface area contributed by atoms with Crippen LogP contribution in [-0.4, -0.2) is 0 Å². The molecule has 0 saturated heterocycles. The molecular weight excluding hydrogens is 340 g/mol. The van der Waals surface area contributed by atoms with Gasteiger partial charge in [0.25, 0.3) is 0 Å². The number of rotatable bonds is 2. The molecule has 86 valence electrons. The largest absolute Gasteiger partial charge is 0.0792 e. The maximum absolute atomic E-state index is 3.46. The molecule has 0 saturated carbocycles. The molecule has 0 aliphatic heterocycles. The second kappa shape index (κ2) is 5.65. The highest BCUT2D eigenvalue weighted by Crippen LogP contribution is 2.25. The Morgan fingerprint density at radius 3 is 1.41 bits per heavy atom. The third-order valence-corrected chi connectivity index (χ3v) is 3.66. The van der Waals surface area contributed by atoms with Crippen molar-refractivity contribution >= 4 is 37.4 Å². The normalized spacial score (nSPS) is 10.1. The van der Waals surface area contributed by atoms with Gasteiger partial charge in [-0.3, -0.25) is 0 Å². The predicted octanol–water partition coefficient (Wildman–Crippen LogP) is 5.66. The van der Waals surface area contributed by atoms with E-state index in [2.05, 4.69) is 93.4 Å². The number of hydrogen-bond donors (Lipinski definition) is 0. The third kappa shape index (κ3) is 3.08. The van der Waals surface area contributed by atoms with Gasteiger partial charge in [-0.2, -0.15) is 0 Å². The van der Waals surface area contributed by atoms with E-state index in [1.807, 2.05) is 0 Å². The van der Waals surface area contributed by atoms with Crippen LogP contribution < -0.4 is 0 Å². The summed E-state index contributed by atoms with van der Waals surface area (Å²) in [6, 6.07) is 16.8. The van der Waals surface area contributed by atoms with Gasteiger partial charge in [0, 0.05) is 8.95 Å². The zero-order chi connectivity index (χ0) is 12.3. The molecule has 0 atom stereocenters. The van der Waals surface area contributed by atoms with E-state index in [9.17, 15) is 0 Å². The van der Waals surface area contributed by atoms with E-state index < -0.39 is 0 Å². The third-order valence-electron chi connectivity index (χ3n) is 2.60. The predicted molar refractivity (Wildman–Crippen MR) is 81.0 cm³/mol. The van der Waals surface area contributed by atoms with Crippen molar-refractivity contribution < 1.29 is 0 Å². The highest BCUT2D eigenvalue weighted by molar-refractivity contribution is 9.10. The smallest absolute Gasteiger partial charge is 0.0175 e. The van der Waals surface area contributed by atoms with Gasteiger partial charge in [-0.05, 0) is 47.9 Å². The van der Waals surface area contributed by atoms with Crippen LogP contribution >= 0.6 is 31.9 Å². The van der Waals surface area contributed by atoms with E-state index in [0.29, 0.717) is 0 Å². The number of hydrogen-bond acceptors (Lipinski definition) is 0. The molecule has 2 heteroatoms. The van der Waals surface area contributed by atoms with Crippen LogP contribution in [0.2, 0.25) is 0 Å². The van der Waals surface area contributed by atoms with Gasteiger partial charge in [-0.25, -0.2) is 0 Å². The Morgan fingerprint density at radius 1 is 0.765 bits per heavy atom. The Hall–Kier alpha value is -0.860. The van der Waals surface area contributed by atoms with Crippen molar-refractivity contribution in [3.05, 3.63) is 74.7 Å². The molecule has 0 heterocycles. The van der Waals surface area contributed by atoms with E-state index in [-0.39, 0.29) is 0 Å². The van der Waals surface area contributed by atoms with E-state index in [4.69, 9.17) is 0 Å². The molecule has 0 aliphatic rings. The number of benzene rings is 2. The minimum Gasteiger partial charge on any atom is -0.0792 e. The maximum atomic E-state index is 3.46. The molecule has 0 spiro atoms.